The Bertz CT molecular complexity index is 1460. The molecule has 1 saturated carbocycles. The molecule has 0 unspecified atom stereocenters. The van der Waals surface area contributed by atoms with Crippen LogP contribution in [0.25, 0.3) is 21.3 Å². The van der Waals surface area contributed by atoms with Crippen LogP contribution in [0.2, 0.25) is 0 Å². The number of benzene rings is 1. The van der Waals surface area contributed by atoms with Crippen molar-refractivity contribution in [2.24, 2.45) is 0 Å². The van der Waals surface area contributed by atoms with Gasteiger partial charge in [0.1, 0.15) is 11.6 Å². The van der Waals surface area contributed by atoms with Crippen molar-refractivity contribution >= 4 is 38.5 Å². The van der Waals surface area contributed by atoms with Crippen LogP contribution in [0.1, 0.15) is 64.5 Å². The zero-order chi connectivity index (χ0) is 28.2. The van der Waals surface area contributed by atoms with Crippen LogP contribution < -0.4 is 15.4 Å². The largest absolute Gasteiger partial charge is 0.489 e. The Hall–Kier alpha value is -3.34. The number of nitrogens with zero attached hydrogens (tertiary/aromatic N) is 5. The van der Waals surface area contributed by atoms with Crippen molar-refractivity contribution in [2.45, 2.75) is 83.6 Å². The number of nitrogens with one attached hydrogen (secondary N) is 2. The Morgan fingerprint density at radius 2 is 1.80 bits per heavy atom. The molecule has 2 fully saturated rings. The summed E-state index contributed by atoms with van der Waals surface area (Å²) in [6.45, 7) is 7.06. The van der Waals surface area contributed by atoms with Crippen LogP contribution in [0.15, 0.2) is 42.7 Å². The highest BCUT2D eigenvalue weighted by Crippen LogP contribution is 2.33. The lowest BCUT2D eigenvalue weighted by atomic mass is 9.93. The smallest absolute Gasteiger partial charge is 0.225 e. The van der Waals surface area contributed by atoms with E-state index in [9.17, 15) is 5.11 Å². The van der Waals surface area contributed by atoms with Gasteiger partial charge in [0.25, 0.3) is 0 Å². The van der Waals surface area contributed by atoms with Gasteiger partial charge in [0.15, 0.2) is 5.13 Å². The first-order valence-electron chi connectivity index (χ1n) is 14.8. The molecule has 3 N–H and O–H groups in total. The average molecular weight is 574 g/mol. The van der Waals surface area contributed by atoms with Gasteiger partial charge in [0.05, 0.1) is 34.3 Å². The molecule has 216 valence electrons. The van der Waals surface area contributed by atoms with Gasteiger partial charge in [-0.2, -0.15) is 4.98 Å². The standard InChI is InChI=1S/C31H39N7O2S/c1-20(2)40-26-14-22(17-32-18-26)21-6-11-27-28(15-21)41-31(35-27)37-29-16-24(19-38-12-4-3-5-13-38)34-30(36-29)33-23-7-9-25(39)10-8-23/h6,11,14-18,20,23,25,39H,3-5,7-10,12-13,19H2,1-2H3,(H2,33,34,35,36,37). The van der Waals surface area contributed by atoms with E-state index in [0.29, 0.717) is 5.95 Å². The summed E-state index contributed by atoms with van der Waals surface area (Å²) in [6.07, 6.45) is 10.8. The van der Waals surface area contributed by atoms with Gasteiger partial charge in [-0.3, -0.25) is 9.88 Å². The average Bonchev–Trinajstić information content (AvgIpc) is 3.36. The zero-order valence-corrected chi connectivity index (χ0v) is 24.7. The van der Waals surface area contributed by atoms with E-state index < -0.39 is 0 Å². The summed E-state index contributed by atoms with van der Waals surface area (Å²) < 4.78 is 6.93. The van der Waals surface area contributed by atoms with Crippen LogP contribution in [0, 0.1) is 0 Å². The summed E-state index contributed by atoms with van der Waals surface area (Å²) in [5, 5.41) is 17.7. The molecule has 1 aliphatic heterocycles. The Morgan fingerprint density at radius 3 is 2.61 bits per heavy atom. The topological polar surface area (TPSA) is 108 Å². The van der Waals surface area contributed by atoms with E-state index in [1.165, 1.54) is 19.3 Å². The van der Waals surface area contributed by atoms with E-state index >= 15 is 0 Å². The van der Waals surface area contributed by atoms with Gasteiger partial charge in [-0.05, 0) is 89.2 Å². The number of likely N-dealkylation sites (tertiary alicyclic amines) is 1. The molecule has 1 saturated heterocycles. The maximum Gasteiger partial charge on any atom is 0.225 e. The summed E-state index contributed by atoms with van der Waals surface area (Å²) >= 11 is 1.61. The second-order valence-electron chi connectivity index (χ2n) is 11.5. The first-order chi connectivity index (χ1) is 20.0. The first-order valence-corrected chi connectivity index (χ1v) is 15.6. The second kappa shape index (κ2) is 12.7. The van der Waals surface area contributed by atoms with Crippen LogP contribution in [0.5, 0.6) is 5.75 Å². The fourth-order valence-corrected chi connectivity index (χ4v) is 6.55. The zero-order valence-electron chi connectivity index (χ0n) is 23.8. The number of aromatic nitrogens is 4. The predicted octanol–water partition coefficient (Wildman–Crippen LogP) is 6.38. The minimum atomic E-state index is -0.190. The van der Waals surface area contributed by atoms with Crippen LogP contribution in [0.3, 0.4) is 0 Å². The number of thiazole rings is 1. The van der Waals surface area contributed by atoms with Crippen LogP contribution in [0.4, 0.5) is 16.9 Å². The van der Waals surface area contributed by atoms with Crippen molar-refractivity contribution in [1.29, 1.82) is 0 Å². The molecule has 9 nitrogen and oxygen atoms in total. The maximum atomic E-state index is 9.92. The lowest BCUT2D eigenvalue weighted by Gasteiger charge is -2.27. The van der Waals surface area contributed by atoms with Crippen molar-refractivity contribution in [3.63, 3.8) is 0 Å². The molecular formula is C31H39N7O2S. The Morgan fingerprint density at radius 1 is 0.976 bits per heavy atom. The summed E-state index contributed by atoms with van der Waals surface area (Å²) in [4.78, 5) is 21.4. The van der Waals surface area contributed by atoms with Gasteiger partial charge in [0, 0.05) is 30.4 Å². The van der Waals surface area contributed by atoms with Gasteiger partial charge < -0.3 is 20.5 Å². The number of aliphatic hydroxyl groups excluding tert-OH is 1. The minimum Gasteiger partial charge on any atom is -0.489 e. The van der Waals surface area contributed by atoms with Crippen LogP contribution in [-0.4, -0.2) is 61.3 Å². The highest BCUT2D eigenvalue weighted by molar-refractivity contribution is 7.22. The molecule has 10 heteroatoms. The number of rotatable bonds is 9. The first kappa shape index (κ1) is 27.8. The molecule has 0 atom stereocenters. The summed E-state index contributed by atoms with van der Waals surface area (Å²) in [5.41, 5.74) is 4.02. The molecule has 0 bridgehead atoms. The third-order valence-electron chi connectivity index (χ3n) is 7.69. The fourth-order valence-electron chi connectivity index (χ4n) is 5.64. The van der Waals surface area contributed by atoms with Gasteiger partial charge in [0.2, 0.25) is 5.95 Å². The normalized spacial score (nSPS) is 19.9. The molecular weight excluding hydrogens is 534 g/mol. The van der Waals surface area contributed by atoms with Crippen LogP contribution in [-0.2, 0) is 6.54 Å². The molecule has 0 radical (unpaired) electrons. The number of piperidine rings is 1. The van der Waals surface area contributed by atoms with Crippen molar-refractivity contribution < 1.29 is 9.84 Å². The van der Waals surface area contributed by atoms with Gasteiger partial charge >= 0.3 is 0 Å². The van der Waals surface area contributed by atoms with E-state index in [-0.39, 0.29) is 18.2 Å². The van der Waals surface area contributed by atoms with E-state index in [0.717, 1.165) is 89.1 Å². The van der Waals surface area contributed by atoms with Crippen molar-refractivity contribution in [3.8, 4) is 16.9 Å². The van der Waals surface area contributed by atoms with E-state index in [2.05, 4.69) is 38.7 Å². The Balaban J connectivity index is 1.23. The number of hydrogen-bond donors (Lipinski definition) is 3. The van der Waals surface area contributed by atoms with Crippen LogP contribution >= 0.6 is 11.3 Å². The molecule has 0 amide bonds. The van der Waals surface area contributed by atoms with Crippen molar-refractivity contribution in [2.75, 3.05) is 23.7 Å². The lowest BCUT2D eigenvalue weighted by molar-refractivity contribution is 0.126. The number of anilines is 3. The number of hydrogen-bond acceptors (Lipinski definition) is 10. The minimum absolute atomic E-state index is 0.0955. The number of pyridine rings is 1. The third kappa shape index (κ3) is 7.30. The number of aliphatic hydroxyl groups is 1. The lowest BCUT2D eigenvalue weighted by Crippen LogP contribution is -2.30. The Kier molecular flexibility index (Phi) is 8.59. The third-order valence-corrected chi connectivity index (χ3v) is 8.62. The Labute approximate surface area is 245 Å². The molecule has 4 aromatic rings. The van der Waals surface area contributed by atoms with Gasteiger partial charge in [-0.25, -0.2) is 9.97 Å². The highest BCUT2D eigenvalue weighted by Gasteiger charge is 2.21. The molecule has 0 spiro atoms. The highest BCUT2D eigenvalue weighted by atomic mass is 32.1. The monoisotopic (exact) mass is 573 g/mol. The molecule has 1 aromatic carbocycles. The van der Waals surface area contributed by atoms with Gasteiger partial charge in [-0.1, -0.05) is 23.8 Å². The van der Waals surface area contributed by atoms with E-state index in [4.69, 9.17) is 19.7 Å². The molecule has 41 heavy (non-hydrogen) atoms. The molecule has 3 aromatic heterocycles. The molecule has 1 aliphatic carbocycles. The molecule has 6 rings (SSSR count). The van der Waals surface area contributed by atoms with Crippen molar-refractivity contribution in [1.82, 2.24) is 24.8 Å². The summed E-state index contributed by atoms with van der Waals surface area (Å²) in [6, 6.07) is 10.6. The quantitative estimate of drug-likeness (QED) is 0.210. The molecule has 2 aliphatic rings. The summed E-state index contributed by atoms with van der Waals surface area (Å²) in [5.74, 6) is 2.15. The summed E-state index contributed by atoms with van der Waals surface area (Å²) in [7, 11) is 0. The predicted molar refractivity (Wildman–Crippen MR) is 165 cm³/mol. The molecule has 4 heterocycles. The fraction of sp³-hybridized carbons (Fsp3) is 0.484. The SMILES string of the molecule is CC(C)Oc1cncc(-c2ccc3nc(Nc4cc(CN5CCCCC5)nc(NC5CCC(O)CC5)n4)sc3c2)c1. The van der Waals surface area contributed by atoms with E-state index in [1.54, 1.807) is 17.5 Å². The number of fused-ring (bicyclic) bond motifs is 1. The maximum absolute atomic E-state index is 9.92. The van der Waals surface area contributed by atoms with E-state index in [1.807, 2.05) is 32.2 Å². The number of ether oxygens (including phenoxy) is 1. The van der Waals surface area contributed by atoms with Gasteiger partial charge in [-0.15, -0.1) is 0 Å². The van der Waals surface area contributed by atoms with Crippen molar-refractivity contribution in [3.05, 3.63) is 48.4 Å². The second-order valence-corrected chi connectivity index (χ2v) is 12.5.